The number of rotatable bonds is 6. The first kappa shape index (κ1) is 22.0. The first-order valence-corrected chi connectivity index (χ1v) is 10.1. The second kappa shape index (κ2) is 9.43. The van der Waals surface area contributed by atoms with Gasteiger partial charge in [-0.25, -0.2) is 9.69 Å². The minimum atomic E-state index is -1.14. The van der Waals surface area contributed by atoms with Crippen molar-refractivity contribution in [2.45, 2.75) is 11.7 Å². The summed E-state index contributed by atoms with van der Waals surface area (Å²) in [6.07, 6.45) is 1.48. The number of imide groups is 1. The van der Waals surface area contributed by atoms with E-state index in [2.05, 4.69) is 10.2 Å². The van der Waals surface area contributed by atoms with Gasteiger partial charge < -0.3 is 15.7 Å². The number of hydrogen-bond donors (Lipinski definition) is 2. The molecular formula is C21H21N5O4S. The van der Waals surface area contributed by atoms with Crippen molar-refractivity contribution in [1.82, 2.24) is 0 Å². The van der Waals surface area contributed by atoms with Crippen molar-refractivity contribution in [2.75, 3.05) is 23.9 Å². The molecule has 31 heavy (non-hydrogen) atoms. The zero-order valence-electron chi connectivity index (χ0n) is 16.9. The zero-order valence-corrected chi connectivity index (χ0v) is 17.7. The maximum Gasteiger partial charge on any atom is 0.335 e. The van der Waals surface area contributed by atoms with Gasteiger partial charge in [0, 0.05) is 26.2 Å². The van der Waals surface area contributed by atoms with Gasteiger partial charge in [-0.2, -0.15) is 5.10 Å². The molecule has 1 atom stereocenters. The molecule has 0 aromatic heterocycles. The molecule has 1 fully saturated rings. The van der Waals surface area contributed by atoms with Crippen LogP contribution in [0.1, 0.15) is 22.3 Å². The molecule has 1 aliphatic rings. The van der Waals surface area contributed by atoms with Crippen LogP contribution in [0.15, 0.2) is 58.7 Å². The Kier molecular flexibility index (Phi) is 6.71. The van der Waals surface area contributed by atoms with Gasteiger partial charge >= 0.3 is 5.97 Å². The van der Waals surface area contributed by atoms with E-state index in [4.69, 9.17) is 10.8 Å². The van der Waals surface area contributed by atoms with Gasteiger partial charge in [-0.1, -0.05) is 30.0 Å². The van der Waals surface area contributed by atoms with Gasteiger partial charge in [0.25, 0.3) is 0 Å². The van der Waals surface area contributed by atoms with E-state index in [1.54, 1.807) is 0 Å². The number of aromatic carboxylic acids is 1. The van der Waals surface area contributed by atoms with E-state index in [0.29, 0.717) is 0 Å². The van der Waals surface area contributed by atoms with Crippen LogP contribution in [0.25, 0.3) is 0 Å². The zero-order chi connectivity index (χ0) is 22.5. The molecule has 0 spiro atoms. The van der Waals surface area contributed by atoms with E-state index in [-0.39, 0.29) is 22.8 Å². The van der Waals surface area contributed by atoms with Crippen molar-refractivity contribution in [3.8, 4) is 0 Å². The first-order chi connectivity index (χ1) is 14.8. The molecule has 1 unspecified atom stereocenters. The summed E-state index contributed by atoms with van der Waals surface area (Å²) in [6, 6.07) is 13.3. The number of carbonyl (C=O) groups excluding carboxylic acids is 2. The van der Waals surface area contributed by atoms with Crippen molar-refractivity contribution in [1.29, 1.82) is 0 Å². The minimum absolute atomic E-state index is 0.0109. The Morgan fingerprint density at radius 3 is 2.58 bits per heavy atom. The molecule has 9 nitrogen and oxygen atoms in total. The Morgan fingerprint density at radius 2 is 1.94 bits per heavy atom. The molecule has 3 rings (SSSR count). The number of carboxylic acid groups (broad SMARTS) is 1. The van der Waals surface area contributed by atoms with Crippen molar-refractivity contribution >= 4 is 52.3 Å². The van der Waals surface area contributed by atoms with Crippen LogP contribution < -0.4 is 15.5 Å². The number of anilines is 2. The van der Waals surface area contributed by atoms with Crippen molar-refractivity contribution in [3.05, 3.63) is 59.7 Å². The monoisotopic (exact) mass is 439 g/mol. The van der Waals surface area contributed by atoms with Crippen LogP contribution in [-0.2, 0) is 9.59 Å². The number of amidine groups is 1. The third-order valence-electron chi connectivity index (χ3n) is 4.49. The predicted octanol–water partition coefficient (Wildman–Crippen LogP) is 2.16. The first-order valence-electron chi connectivity index (χ1n) is 9.27. The van der Waals surface area contributed by atoms with Gasteiger partial charge in [0.15, 0.2) is 5.17 Å². The number of hydrogen-bond acceptors (Lipinski definition) is 7. The number of carboxylic acids is 1. The molecule has 3 N–H and O–H groups in total. The predicted molar refractivity (Wildman–Crippen MR) is 122 cm³/mol. The average Bonchev–Trinajstić information content (AvgIpc) is 3.01. The molecule has 2 amide bonds. The summed E-state index contributed by atoms with van der Waals surface area (Å²) >= 11 is 0.948. The fourth-order valence-corrected chi connectivity index (χ4v) is 3.74. The lowest BCUT2D eigenvalue weighted by Gasteiger charge is -2.15. The maximum atomic E-state index is 12.7. The highest BCUT2D eigenvalue weighted by Crippen LogP contribution is 2.30. The van der Waals surface area contributed by atoms with Crippen LogP contribution in [0, 0.1) is 0 Å². The topological polar surface area (TPSA) is 129 Å². The van der Waals surface area contributed by atoms with Gasteiger partial charge in [-0.15, -0.1) is 5.10 Å². The standard InChI is InChI=1S/C21H21N5O4S/c1-25(2)15-8-6-13(7-9-15)12-23-24-21(22)31-17-11-18(27)26(19(17)28)16-5-3-4-14(10-16)20(29)30/h3-10,12,17H,11H2,1-2H3,(H2,22,24)(H,29,30)/b23-12+. The van der Waals surface area contributed by atoms with Crippen molar-refractivity contribution in [2.24, 2.45) is 15.9 Å². The maximum absolute atomic E-state index is 12.7. The van der Waals surface area contributed by atoms with Crippen LogP contribution in [0.4, 0.5) is 11.4 Å². The van der Waals surface area contributed by atoms with E-state index < -0.39 is 23.0 Å². The SMILES string of the molecule is CN(C)c1ccc(/C=N/N=C(\N)SC2CC(=O)N(c3cccc(C(=O)O)c3)C2=O)cc1. The highest BCUT2D eigenvalue weighted by atomic mass is 32.2. The Balaban J connectivity index is 1.65. The van der Waals surface area contributed by atoms with Crippen LogP contribution >= 0.6 is 11.8 Å². The summed E-state index contributed by atoms with van der Waals surface area (Å²) in [5, 5.41) is 16.2. The number of amides is 2. The Hall–Kier alpha value is -3.66. The molecule has 1 saturated heterocycles. The summed E-state index contributed by atoms with van der Waals surface area (Å²) in [6.45, 7) is 0. The molecule has 0 bridgehead atoms. The molecular weight excluding hydrogens is 418 g/mol. The summed E-state index contributed by atoms with van der Waals surface area (Å²) in [5.74, 6) is -2.04. The molecule has 2 aromatic carbocycles. The summed E-state index contributed by atoms with van der Waals surface area (Å²) in [5.41, 5.74) is 7.97. The number of nitrogens with two attached hydrogens (primary N) is 1. The Labute approximate surface area is 183 Å². The Morgan fingerprint density at radius 1 is 1.23 bits per heavy atom. The lowest BCUT2D eigenvalue weighted by atomic mass is 10.2. The quantitative estimate of drug-likeness (QED) is 0.305. The molecule has 10 heteroatoms. The van der Waals surface area contributed by atoms with Gasteiger partial charge in [0.2, 0.25) is 11.8 Å². The second-order valence-corrected chi connectivity index (χ2v) is 8.13. The number of thioether (sulfide) groups is 1. The lowest BCUT2D eigenvalue weighted by Crippen LogP contribution is -2.32. The third kappa shape index (κ3) is 5.28. The molecule has 1 aliphatic heterocycles. The number of nitrogens with zero attached hydrogens (tertiary/aromatic N) is 4. The summed E-state index contributed by atoms with van der Waals surface area (Å²) < 4.78 is 0. The molecule has 1 heterocycles. The van der Waals surface area contributed by atoms with E-state index in [1.807, 2.05) is 43.3 Å². The highest BCUT2D eigenvalue weighted by molar-refractivity contribution is 8.14. The smallest absolute Gasteiger partial charge is 0.335 e. The van der Waals surface area contributed by atoms with E-state index in [1.165, 1.54) is 30.5 Å². The van der Waals surface area contributed by atoms with Crippen LogP contribution in [0.2, 0.25) is 0 Å². The third-order valence-corrected chi connectivity index (χ3v) is 5.47. The second-order valence-electron chi connectivity index (χ2n) is 6.90. The molecule has 0 radical (unpaired) electrons. The molecule has 2 aromatic rings. The van der Waals surface area contributed by atoms with Gasteiger partial charge in [-0.05, 0) is 35.9 Å². The van der Waals surface area contributed by atoms with E-state index in [9.17, 15) is 14.4 Å². The van der Waals surface area contributed by atoms with Crippen LogP contribution in [0.5, 0.6) is 0 Å². The normalized spacial score (nSPS) is 16.9. The van der Waals surface area contributed by atoms with Gasteiger partial charge in [0.1, 0.15) is 5.25 Å². The van der Waals surface area contributed by atoms with E-state index in [0.717, 1.165) is 27.9 Å². The largest absolute Gasteiger partial charge is 0.478 e. The van der Waals surface area contributed by atoms with Crippen LogP contribution in [0.3, 0.4) is 0 Å². The number of carbonyl (C=O) groups is 3. The van der Waals surface area contributed by atoms with Crippen LogP contribution in [-0.4, -0.2) is 53.6 Å². The fourth-order valence-electron chi connectivity index (χ4n) is 2.93. The molecule has 0 aliphatic carbocycles. The Bertz CT molecular complexity index is 1070. The van der Waals surface area contributed by atoms with Crippen molar-refractivity contribution in [3.63, 3.8) is 0 Å². The molecule has 0 saturated carbocycles. The van der Waals surface area contributed by atoms with Crippen molar-refractivity contribution < 1.29 is 19.5 Å². The van der Waals surface area contributed by atoms with E-state index >= 15 is 0 Å². The molecule has 160 valence electrons. The summed E-state index contributed by atoms with van der Waals surface area (Å²) in [7, 11) is 3.90. The lowest BCUT2D eigenvalue weighted by molar-refractivity contribution is -0.121. The highest BCUT2D eigenvalue weighted by Gasteiger charge is 2.40. The average molecular weight is 439 g/mol. The number of benzene rings is 2. The minimum Gasteiger partial charge on any atom is -0.478 e. The van der Waals surface area contributed by atoms with Gasteiger partial charge in [0.05, 0.1) is 17.5 Å². The van der Waals surface area contributed by atoms with Gasteiger partial charge in [-0.3, -0.25) is 9.59 Å². The summed E-state index contributed by atoms with van der Waals surface area (Å²) in [4.78, 5) is 39.2. The fraction of sp³-hybridized carbons (Fsp3) is 0.190.